The minimum Gasteiger partial charge on any atom is -0.332 e. The molecule has 2 nitrogen and oxygen atoms in total. The van der Waals surface area contributed by atoms with Gasteiger partial charge in [-0.2, -0.15) is 0 Å². The summed E-state index contributed by atoms with van der Waals surface area (Å²) in [6.45, 7) is 15.5. The van der Waals surface area contributed by atoms with E-state index < -0.39 is 0 Å². The van der Waals surface area contributed by atoms with E-state index in [1.54, 1.807) is 0 Å². The third-order valence-corrected chi connectivity index (χ3v) is 11.1. The maximum atomic E-state index is 2.49. The zero-order valence-electron chi connectivity index (χ0n) is 31.5. The van der Waals surface area contributed by atoms with Gasteiger partial charge in [-0.15, -0.1) is 0 Å². The Bertz CT molecular complexity index is 2420. The highest BCUT2D eigenvalue weighted by Gasteiger charge is 2.33. The second kappa shape index (κ2) is 12.9. The van der Waals surface area contributed by atoms with Gasteiger partial charge in [-0.25, -0.2) is 0 Å². The highest BCUT2D eigenvalue weighted by Crippen LogP contribution is 2.49. The van der Waals surface area contributed by atoms with Crippen molar-refractivity contribution in [2.24, 2.45) is 0 Å². The van der Waals surface area contributed by atoms with E-state index in [1.165, 1.54) is 78.0 Å². The Labute approximate surface area is 310 Å². The Hall–Kier alpha value is -5.60. The Balaban J connectivity index is 0.00000190. The van der Waals surface area contributed by atoms with Gasteiger partial charge in [0.25, 0.3) is 0 Å². The predicted molar refractivity (Wildman–Crippen MR) is 227 cm³/mol. The van der Waals surface area contributed by atoms with Crippen LogP contribution in [-0.2, 0) is 0 Å². The van der Waals surface area contributed by atoms with Crippen molar-refractivity contribution in [3.05, 3.63) is 167 Å². The smallest absolute Gasteiger partial charge is 0.0581 e. The molecule has 52 heavy (non-hydrogen) atoms. The van der Waals surface area contributed by atoms with Gasteiger partial charge in [0.15, 0.2) is 0 Å². The fraction of sp³-hybridized carbons (Fsp3) is 0.200. The minimum absolute atomic E-state index is 0.122. The van der Waals surface area contributed by atoms with Crippen LogP contribution >= 0.6 is 0 Å². The van der Waals surface area contributed by atoms with Gasteiger partial charge in [0, 0.05) is 34.1 Å². The number of rotatable bonds is 4. The molecule has 1 aliphatic carbocycles. The lowest BCUT2D eigenvalue weighted by atomic mass is 9.91. The number of nitrogens with zero attached hydrogens (tertiary/aromatic N) is 2. The molecule has 0 radical (unpaired) electrons. The monoisotopic (exact) mass is 676 g/mol. The lowest BCUT2D eigenvalue weighted by Crippen LogP contribution is -2.40. The molecule has 258 valence electrons. The molecule has 9 rings (SSSR count). The molecule has 1 atom stereocenters. The number of hydrogen-bond donors (Lipinski definition) is 0. The van der Waals surface area contributed by atoms with Crippen molar-refractivity contribution >= 4 is 57.8 Å². The number of benzene rings is 6. The highest BCUT2D eigenvalue weighted by molar-refractivity contribution is 6.03. The van der Waals surface area contributed by atoms with E-state index in [1.807, 2.05) is 13.8 Å². The third-order valence-electron chi connectivity index (χ3n) is 11.1. The zero-order valence-corrected chi connectivity index (χ0v) is 31.5. The zero-order chi connectivity index (χ0) is 36.2. The molecule has 6 aromatic carbocycles. The summed E-state index contributed by atoms with van der Waals surface area (Å²) in [5.74, 6) is 0.317. The quantitative estimate of drug-likeness (QED) is 0.172. The maximum absolute atomic E-state index is 2.49. The largest absolute Gasteiger partial charge is 0.332 e. The summed E-state index contributed by atoms with van der Waals surface area (Å²) in [6, 6.07) is 44.9. The maximum Gasteiger partial charge on any atom is 0.0581 e. The van der Waals surface area contributed by atoms with Crippen LogP contribution in [0, 0.1) is 0 Å². The van der Waals surface area contributed by atoms with Crippen LogP contribution in [0.5, 0.6) is 0 Å². The molecule has 6 aromatic rings. The molecule has 0 amide bonds. The van der Waals surface area contributed by atoms with Gasteiger partial charge in [0.2, 0.25) is 0 Å². The SMILES string of the molecule is CC.CC1c2cc(/C=C/c3ccc(N4c5ccccc5C=CC4(C)C)c4ccccc34)ccc2-c2ccc(N3c4ccccc4C=CC3(C)C)cc21. The van der Waals surface area contributed by atoms with E-state index in [4.69, 9.17) is 0 Å². The normalized spacial score (nSPS) is 17.3. The summed E-state index contributed by atoms with van der Waals surface area (Å²) < 4.78 is 0. The Morgan fingerprint density at radius 2 is 1.08 bits per heavy atom. The molecule has 0 saturated heterocycles. The first-order valence-electron chi connectivity index (χ1n) is 18.8. The van der Waals surface area contributed by atoms with Gasteiger partial charge >= 0.3 is 0 Å². The standard InChI is InChI=1S/C48H42N2.C2H6/c1-32-42-30-33(19-23-39(42)40-24-22-37(31-43(32)40)49-44-16-10-6-12-35(44)26-28-47(49,2)3)18-20-34-21-25-46(41-15-9-8-14-38(34)41)50-45-17-11-7-13-36(45)27-29-48(50,4)5;1-2/h6-32H,1-5H3;1-2H3/b20-18+;. The molecule has 0 spiro atoms. The van der Waals surface area contributed by atoms with Gasteiger partial charge in [-0.05, 0) is 108 Å². The fourth-order valence-electron chi connectivity index (χ4n) is 8.52. The van der Waals surface area contributed by atoms with Crippen molar-refractivity contribution in [3.63, 3.8) is 0 Å². The Morgan fingerprint density at radius 3 is 1.77 bits per heavy atom. The van der Waals surface area contributed by atoms with Crippen molar-refractivity contribution < 1.29 is 0 Å². The summed E-state index contributed by atoms with van der Waals surface area (Å²) in [6.07, 6.45) is 13.7. The molecule has 0 fully saturated rings. The highest BCUT2D eigenvalue weighted by atomic mass is 15.2. The van der Waals surface area contributed by atoms with Crippen molar-refractivity contribution in [1.29, 1.82) is 0 Å². The molecule has 2 heteroatoms. The predicted octanol–water partition coefficient (Wildman–Crippen LogP) is 14.1. The van der Waals surface area contributed by atoms with Crippen LogP contribution in [0.15, 0.2) is 133 Å². The van der Waals surface area contributed by atoms with Crippen LogP contribution in [0.3, 0.4) is 0 Å². The summed E-state index contributed by atoms with van der Waals surface area (Å²) in [7, 11) is 0. The van der Waals surface area contributed by atoms with Gasteiger partial charge in [0.05, 0.1) is 11.1 Å². The Morgan fingerprint density at radius 1 is 0.519 bits per heavy atom. The van der Waals surface area contributed by atoms with Crippen LogP contribution in [-0.4, -0.2) is 11.1 Å². The topological polar surface area (TPSA) is 6.48 Å². The molecule has 2 heterocycles. The van der Waals surface area contributed by atoms with Crippen LogP contribution in [0.1, 0.15) is 87.8 Å². The fourth-order valence-corrected chi connectivity index (χ4v) is 8.52. The van der Waals surface area contributed by atoms with Crippen LogP contribution < -0.4 is 9.80 Å². The van der Waals surface area contributed by atoms with Crippen LogP contribution in [0.25, 0.3) is 46.2 Å². The van der Waals surface area contributed by atoms with Crippen LogP contribution in [0.4, 0.5) is 22.7 Å². The van der Waals surface area contributed by atoms with Crippen molar-refractivity contribution in [2.45, 2.75) is 65.5 Å². The number of anilines is 4. The molecule has 0 aromatic heterocycles. The van der Waals surface area contributed by atoms with Gasteiger partial charge < -0.3 is 9.80 Å². The first-order valence-corrected chi connectivity index (χ1v) is 18.8. The van der Waals surface area contributed by atoms with Crippen LogP contribution in [0.2, 0.25) is 0 Å². The van der Waals surface area contributed by atoms with Crippen molar-refractivity contribution in [1.82, 2.24) is 0 Å². The number of para-hydroxylation sites is 2. The summed E-state index contributed by atoms with van der Waals surface area (Å²) in [4.78, 5) is 4.98. The van der Waals surface area contributed by atoms with Crippen molar-refractivity contribution in [3.8, 4) is 11.1 Å². The van der Waals surface area contributed by atoms with Gasteiger partial charge in [0.1, 0.15) is 0 Å². The molecule has 3 aliphatic rings. The van der Waals surface area contributed by atoms with E-state index in [0.29, 0.717) is 5.92 Å². The molecular formula is C50H48N2. The summed E-state index contributed by atoms with van der Waals surface area (Å²) >= 11 is 0. The third kappa shape index (κ3) is 5.49. The summed E-state index contributed by atoms with van der Waals surface area (Å²) in [5, 5.41) is 2.52. The van der Waals surface area contributed by atoms with Gasteiger partial charge in [-0.3, -0.25) is 0 Å². The van der Waals surface area contributed by atoms with E-state index >= 15 is 0 Å². The van der Waals surface area contributed by atoms with E-state index in [-0.39, 0.29) is 11.1 Å². The lowest BCUT2D eigenvalue weighted by Gasteiger charge is -2.42. The van der Waals surface area contributed by atoms with Gasteiger partial charge in [-0.1, -0.05) is 148 Å². The van der Waals surface area contributed by atoms with E-state index in [2.05, 4.69) is 202 Å². The Kier molecular flexibility index (Phi) is 8.30. The number of hydrogen-bond acceptors (Lipinski definition) is 2. The molecule has 2 aliphatic heterocycles. The summed E-state index contributed by atoms with van der Waals surface area (Å²) in [5.41, 5.74) is 15.2. The molecule has 0 bridgehead atoms. The first kappa shape index (κ1) is 33.5. The van der Waals surface area contributed by atoms with E-state index in [0.717, 1.165) is 0 Å². The molecule has 1 unspecified atom stereocenters. The second-order valence-corrected chi connectivity index (χ2v) is 15.2. The molecule has 0 N–H and O–H groups in total. The second-order valence-electron chi connectivity index (χ2n) is 15.2. The minimum atomic E-state index is -0.153. The number of fused-ring (bicyclic) bond motifs is 6. The average molecular weight is 677 g/mol. The van der Waals surface area contributed by atoms with E-state index in [9.17, 15) is 0 Å². The lowest BCUT2D eigenvalue weighted by molar-refractivity contribution is 0.625. The van der Waals surface area contributed by atoms with Crippen molar-refractivity contribution in [2.75, 3.05) is 9.80 Å². The molecule has 0 saturated carbocycles. The average Bonchev–Trinajstić information content (AvgIpc) is 3.44. The molecular weight excluding hydrogens is 629 g/mol. The first-order chi connectivity index (χ1) is 25.2.